The molecule has 17 heavy (non-hydrogen) atoms. The van der Waals surface area contributed by atoms with Crippen LogP contribution in [0.3, 0.4) is 0 Å². The molecule has 4 nitrogen and oxygen atoms in total. The maximum absolute atomic E-state index is 11.7. The highest BCUT2D eigenvalue weighted by Crippen LogP contribution is 1.98. The normalized spacial score (nSPS) is 9.88. The molecular weight excluding hydrogens is 216 g/mol. The van der Waals surface area contributed by atoms with Gasteiger partial charge in [-0.25, -0.2) is 0 Å². The Kier molecular flexibility index (Phi) is 3.35. The Morgan fingerprint density at radius 2 is 1.82 bits per heavy atom. The fourth-order valence-electron chi connectivity index (χ4n) is 1.46. The average molecular weight is 228 g/mol. The third-order valence-electron chi connectivity index (χ3n) is 2.37. The fourth-order valence-corrected chi connectivity index (χ4v) is 1.46. The van der Waals surface area contributed by atoms with Crippen LogP contribution in [0.1, 0.15) is 16.1 Å². The van der Waals surface area contributed by atoms with Gasteiger partial charge in [0.15, 0.2) is 6.20 Å². The van der Waals surface area contributed by atoms with Gasteiger partial charge in [-0.05, 0) is 18.2 Å². The van der Waals surface area contributed by atoms with E-state index >= 15 is 0 Å². The molecule has 0 spiro atoms. The molecule has 0 bridgehead atoms. The van der Waals surface area contributed by atoms with E-state index in [0.717, 1.165) is 4.73 Å². The molecule has 1 aromatic carbocycles. The van der Waals surface area contributed by atoms with Crippen molar-refractivity contribution < 1.29 is 9.52 Å². The lowest BCUT2D eigenvalue weighted by Gasteiger charge is -2.05. The molecule has 1 heterocycles. The van der Waals surface area contributed by atoms with Crippen molar-refractivity contribution in [1.29, 1.82) is 0 Å². The van der Waals surface area contributed by atoms with E-state index in [1.165, 1.54) is 6.20 Å². The Morgan fingerprint density at radius 3 is 2.53 bits per heavy atom. The molecule has 1 aromatic heterocycles. The van der Waals surface area contributed by atoms with Gasteiger partial charge < -0.3 is 10.5 Å². The summed E-state index contributed by atoms with van der Waals surface area (Å²) in [6.45, 7) is 0.220. The topological polar surface area (TPSA) is 56.0 Å². The third kappa shape index (κ3) is 2.81. The Hall–Kier alpha value is -2.36. The molecule has 86 valence electrons. The van der Waals surface area contributed by atoms with E-state index < -0.39 is 0 Å². The fraction of sp³-hybridized carbons (Fsp3) is 0.0769. The van der Waals surface area contributed by atoms with Crippen LogP contribution in [0.2, 0.25) is 0 Å². The number of nitrogens with one attached hydrogen (secondary N) is 1. The first-order valence-corrected chi connectivity index (χ1v) is 5.27. The lowest BCUT2D eigenvalue weighted by Crippen LogP contribution is -2.35. The molecule has 0 saturated carbocycles. The van der Waals surface area contributed by atoms with Gasteiger partial charge >= 0.3 is 0 Å². The van der Waals surface area contributed by atoms with E-state index in [4.69, 9.17) is 0 Å². The number of hydrogen-bond donors (Lipinski definition) is 1. The molecule has 1 N–H and O–H groups in total. The molecular formula is C13H12N2O2. The minimum atomic E-state index is -0.186. The number of carbonyl (C=O) groups is 1. The summed E-state index contributed by atoms with van der Waals surface area (Å²) in [6, 6.07) is 14.0. The smallest absolute Gasteiger partial charge is 0.251 e. The van der Waals surface area contributed by atoms with Crippen molar-refractivity contribution >= 4 is 5.91 Å². The van der Waals surface area contributed by atoms with Crippen molar-refractivity contribution in [1.82, 2.24) is 5.32 Å². The monoisotopic (exact) mass is 228 g/mol. The van der Waals surface area contributed by atoms with Crippen LogP contribution in [0, 0.1) is 5.21 Å². The largest absolute Gasteiger partial charge is 0.618 e. The van der Waals surface area contributed by atoms with E-state index in [9.17, 15) is 10.0 Å². The van der Waals surface area contributed by atoms with Crippen molar-refractivity contribution in [3.8, 4) is 0 Å². The van der Waals surface area contributed by atoms with E-state index in [2.05, 4.69) is 5.32 Å². The SMILES string of the molecule is O=C(NCc1cccc[n+]1[O-])c1ccccc1. The highest BCUT2D eigenvalue weighted by Gasteiger charge is 2.07. The summed E-state index contributed by atoms with van der Waals surface area (Å²) < 4.78 is 0.741. The van der Waals surface area contributed by atoms with E-state index in [0.29, 0.717) is 11.3 Å². The van der Waals surface area contributed by atoms with Crippen LogP contribution in [0.15, 0.2) is 54.7 Å². The van der Waals surface area contributed by atoms with Crippen LogP contribution in [-0.4, -0.2) is 5.91 Å². The number of hydrogen-bond acceptors (Lipinski definition) is 2. The van der Waals surface area contributed by atoms with Crippen LogP contribution >= 0.6 is 0 Å². The van der Waals surface area contributed by atoms with Crippen molar-refractivity contribution in [3.05, 3.63) is 71.2 Å². The molecule has 0 aliphatic carbocycles. The lowest BCUT2D eigenvalue weighted by atomic mass is 10.2. The molecule has 0 aliphatic rings. The Bertz CT molecular complexity index is 512. The lowest BCUT2D eigenvalue weighted by molar-refractivity contribution is -0.614. The maximum Gasteiger partial charge on any atom is 0.251 e. The van der Waals surface area contributed by atoms with Gasteiger partial charge in [-0.2, -0.15) is 4.73 Å². The predicted octanol–water partition coefficient (Wildman–Crippen LogP) is 1.25. The van der Waals surface area contributed by atoms with E-state index in [-0.39, 0.29) is 12.5 Å². The highest BCUT2D eigenvalue weighted by atomic mass is 16.5. The molecule has 0 unspecified atom stereocenters. The first kappa shape index (κ1) is 11.1. The minimum absolute atomic E-state index is 0.186. The molecule has 0 radical (unpaired) electrons. The standard InChI is InChI=1S/C13H12N2O2/c16-13(11-6-2-1-3-7-11)14-10-12-8-4-5-9-15(12)17/h1-9H,10H2,(H,14,16). The molecule has 0 fully saturated rings. The zero-order valence-corrected chi connectivity index (χ0v) is 9.17. The average Bonchev–Trinajstić information content (AvgIpc) is 2.38. The number of nitrogens with zero attached hydrogens (tertiary/aromatic N) is 1. The summed E-state index contributed by atoms with van der Waals surface area (Å²) in [4.78, 5) is 11.7. The summed E-state index contributed by atoms with van der Waals surface area (Å²) in [7, 11) is 0. The molecule has 1 amide bonds. The third-order valence-corrected chi connectivity index (χ3v) is 2.37. The molecule has 0 aliphatic heterocycles. The maximum atomic E-state index is 11.7. The van der Waals surface area contributed by atoms with Gasteiger partial charge in [-0.3, -0.25) is 4.79 Å². The zero-order valence-electron chi connectivity index (χ0n) is 9.17. The summed E-state index contributed by atoms with van der Waals surface area (Å²) in [5.74, 6) is -0.186. The quantitative estimate of drug-likeness (QED) is 0.635. The second kappa shape index (κ2) is 5.12. The minimum Gasteiger partial charge on any atom is -0.618 e. The number of rotatable bonds is 3. The number of benzene rings is 1. The van der Waals surface area contributed by atoms with Gasteiger partial charge in [0.2, 0.25) is 5.69 Å². The number of amides is 1. The number of carbonyl (C=O) groups excluding carboxylic acids is 1. The number of pyridine rings is 1. The molecule has 2 rings (SSSR count). The Labute approximate surface area is 99.1 Å². The van der Waals surface area contributed by atoms with Crippen LogP contribution in [0.25, 0.3) is 0 Å². The van der Waals surface area contributed by atoms with Crippen LogP contribution < -0.4 is 10.0 Å². The van der Waals surface area contributed by atoms with Gasteiger partial charge in [0.25, 0.3) is 5.91 Å². The Morgan fingerprint density at radius 1 is 1.12 bits per heavy atom. The van der Waals surface area contributed by atoms with Gasteiger partial charge in [0.05, 0.1) is 0 Å². The van der Waals surface area contributed by atoms with Gasteiger partial charge in [0.1, 0.15) is 6.54 Å². The molecule has 4 heteroatoms. The second-order valence-corrected chi connectivity index (χ2v) is 3.57. The first-order valence-electron chi connectivity index (χ1n) is 5.27. The summed E-state index contributed by atoms with van der Waals surface area (Å²) in [5.41, 5.74) is 1.10. The highest BCUT2D eigenvalue weighted by molar-refractivity contribution is 5.93. The predicted molar refractivity (Wildman–Crippen MR) is 63.0 cm³/mol. The second-order valence-electron chi connectivity index (χ2n) is 3.57. The van der Waals surface area contributed by atoms with Crippen LogP contribution in [0.5, 0.6) is 0 Å². The van der Waals surface area contributed by atoms with Crippen LogP contribution in [-0.2, 0) is 6.54 Å². The molecule has 0 atom stereocenters. The molecule has 2 aromatic rings. The van der Waals surface area contributed by atoms with E-state index in [1.807, 2.05) is 6.07 Å². The number of aromatic nitrogens is 1. The van der Waals surface area contributed by atoms with Crippen molar-refractivity contribution in [3.63, 3.8) is 0 Å². The van der Waals surface area contributed by atoms with Gasteiger partial charge in [-0.1, -0.05) is 18.2 Å². The van der Waals surface area contributed by atoms with Crippen molar-refractivity contribution in [2.24, 2.45) is 0 Å². The zero-order chi connectivity index (χ0) is 12.1. The van der Waals surface area contributed by atoms with Gasteiger partial charge in [0, 0.05) is 17.7 Å². The summed E-state index contributed by atoms with van der Waals surface area (Å²) in [6.07, 6.45) is 1.41. The Balaban J connectivity index is 2.00. The summed E-state index contributed by atoms with van der Waals surface area (Å²) in [5, 5.41) is 14.0. The van der Waals surface area contributed by atoms with Gasteiger partial charge in [-0.15, -0.1) is 0 Å². The van der Waals surface area contributed by atoms with Crippen LogP contribution in [0.4, 0.5) is 0 Å². The van der Waals surface area contributed by atoms with Crippen molar-refractivity contribution in [2.45, 2.75) is 6.54 Å². The summed E-state index contributed by atoms with van der Waals surface area (Å²) >= 11 is 0. The molecule has 0 saturated heterocycles. The first-order chi connectivity index (χ1) is 8.27. The van der Waals surface area contributed by atoms with E-state index in [1.54, 1.807) is 42.5 Å². The van der Waals surface area contributed by atoms with Crippen molar-refractivity contribution in [2.75, 3.05) is 0 Å².